The first-order valence-corrected chi connectivity index (χ1v) is 7.70. The number of aliphatic hydroxyl groups excluding tert-OH is 1. The van der Waals surface area contributed by atoms with Crippen LogP contribution in [0.4, 0.5) is 0 Å². The second-order valence-electron chi connectivity index (χ2n) is 5.74. The summed E-state index contributed by atoms with van der Waals surface area (Å²) in [4.78, 5) is 4.52. The van der Waals surface area contributed by atoms with Crippen LogP contribution in [0.25, 0.3) is 0 Å². The zero-order valence-corrected chi connectivity index (χ0v) is 14.0. The molecule has 21 heavy (non-hydrogen) atoms. The minimum Gasteiger partial charge on any atom is -0.497 e. The molecule has 0 bridgehead atoms. The summed E-state index contributed by atoms with van der Waals surface area (Å²) in [5, 5.41) is 10.6. The second-order valence-corrected chi connectivity index (χ2v) is 5.74. The summed E-state index contributed by atoms with van der Waals surface area (Å²) in [6, 6.07) is 7.77. The number of aliphatic hydroxyl groups is 1. The monoisotopic (exact) mass is 294 g/mol. The summed E-state index contributed by atoms with van der Waals surface area (Å²) in [5.41, 5.74) is 0.939. The standard InChI is InChI=1S/C17H30N2O2/c1-6-19(13-7-12-18(3)4)14(2)17(20)15-8-10-16(21-5)11-9-15/h8-11,14,17,20H,6-7,12-13H2,1-5H3. The van der Waals surface area contributed by atoms with Gasteiger partial charge in [-0.05, 0) is 64.8 Å². The third-order valence-corrected chi connectivity index (χ3v) is 3.95. The van der Waals surface area contributed by atoms with Crippen molar-refractivity contribution in [1.29, 1.82) is 0 Å². The molecule has 2 atom stereocenters. The van der Waals surface area contributed by atoms with E-state index in [1.165, 1.54) is 0 Å². The van der Waals surface area contributed by atoms with Crippen LogP contribution in [0.3, 0.4) is 0 Å². The first kappa shape index (κ1) is 18.0. The summed E-state index contributed by atoms with van der Waals surface area (Å²) < 4.78 is 5.16. The maximum absolute atomic E-state index is 10.6. The highest BCUT2D eigenvalue weighted by molar-refractivity contribution is 5.29. The van der Waals surface area contributed by atoms with Crippen molar-refractivity contribution >= 4 is 0 Å². The largest absolute Gasteiger partial charge is 0.497 e. The molecule has 0 saturated heterocycles. The van der Waals surface area contributed by atoms with Crippen LogP contribution in [0.15, 0.2) is 24.3 Å². The van der Waals surface area contributed by atoms with E-state index < -0.39 is 6.10 Å². The maximum Gasteiger partial charge on any atom is 0.118 e. The predicted molar refractivity (Wildman–Crippen MR) is 87.8 cm³/mol. The van der Waals surface area contributed by atoms with E-state index in [4.69, 9.17) is 4.74 Å². The molecule has 1 aromatic rings. The van der Waals surface area contributed by atoms with Crippen LogP contribution in [0.5, 0.6) is 5.75 Å². The van der Waals surface area contributed by atoms with E-state index in [9.17, 15) is 5.11 Å². The van der Waals surface area contributed by atoms with Crippen molar-refractivity contribution in [3.63, 3.8) is 0 Å². The van der Waals surface area contributed by atoms with Gasteiger partial charge < -0.3 is 14.7 Å². The van der Waals surface area contributed by atoms with Gasteiger partial charge in [-0.2, -0.15) is 0 Å². The Labute approximate surface area is 129 Å². The third kappa shape index (κ3) is 5.65. The average Bonchev–Trinajstić information content (AvgIpc) is 2.50. The molecule has 0 fully saturated rings. The Morgan fingerprint density at radius 3 is 2.24 bits per heavy atom. The second kappa shape index (κ2) is 9.03. The lowest BCUT2D eigenvalue weighted by Crippen LogP contribution is -2.39. The molecule has 1 rings (SSSR count). The van der Waals surface area contributed by atoms with Gasteiger partial charge in [-0.1, -0.05) is 19.1 Å². The van der Waals surface area contributed by atoms with Gasteiger partial charge >= 0.3 is 0 Å². The Morgan fingerprint density at radius 1 is 1.14 bits per heavy atom. The van der Waals surface area contributed by atoms with Gasteiger partial charge in [0.05, 0.1) is 13.2 Å². The van der Waals surface area contributed by atoms with Crippen molar-refractivity contribution in [1.82, 2.24) is 9.80 Å². The highest BCUT2D eigenvalue weighted by Gasteiger charge is 2.21. The molecule has 0 aliphatic rings. The number of rotatable bonds is 9. The lowest BCUT2D eigenvalue weighted by atomic mass is 10.0. The first-order valence-electron chi connectivity index (χ1n) is 7.70. The normalized spacial score (nSPS) is 14.5. The van der Waals surface area contributed by atoms with Crippen LogP contribution in [0.2, 0.25) is 0 Å². The predicted octanol–water partition coefficient (Wildman–Crippen LogP) is 2.39. The molecule has 4 heteroatoms. The Hall–Kier alpha value is -1.10. The third-order valence-electron chi connectivity index (χ3n) is 3.95. The van der Waals surface area contributed by atoms with E-state index in [2.05, 4.69) is 37.7 Å². The lowest BCUT2D eigenvalue weighted by Gasteiger charge is -2.32. The SMILES string of the molecule is CCN(CCCN(C)C)C(C)C(O)c1ccc(OC)cc1. The summed E-state index contributed by atoms with van der Waals surface area (Å²) in [5.74, 6) is 0.817. The van der Waals surface area contributed by atoms with E-state index in [-0.39, 0.29) is 6.04 Å². The molecule has 1 N–H and O–H groups in total. The molecule has 0 spiro atoms. The van der Waals surface area contributed by atoms with Gasteiger partial charge in [0.15, 0.2) is 0 Å². The molecule has 0 heterocycles. The van der Waals surface area contributed by atoms with Crippen LogP contribution >= 0.6 is 0 Å². The van der Waals surface area contributed by atoms with Crippen LogP contribution in [-0.4, -0.2) is 61.8 Å². The lowest BCUT2D eigenvalue weighted by molar-refractivity contribution is 0.0590. The summed E-state index contributed by atoms with van der Waals surface area (Å²) in [6.45, 7) is 7.26. The van der Waals surface area contributed by atoms with Gasteiger partial charge in [-0.3, -0.25) is 4.90 Å². The number of likely N-dealkylation sites (N-methyl/N-ethyl adjacent to an activating group) is 1. The number of methoxy groups -OCH3 is 1. The Morgan fingerprint density at radius 2 is 1.76 bits per heavy atom. The van der Waals surface area contributed by atoms with Gasteiger partial charge in [-0.25, -0.2) is 0 Å². The van der Waals surface area contributed by atoms with E-state index in [1.807, 2.05) is 24.3 Å². The topological polar surface area (TPSA) is 35.9 Å². The number of hydrogen-bond acceptors (Lipinski definition) is 4. The maximum atomic E-state index is 10.6. The minimum absolute atomic E-state index is 0.102. The highest BCUT2D eigenvalue weighted by atomic mass is 16.5. The molecule has 0 aliphatic heterocycles. The summed E-state index contributed by atoms with van der Waals surface area (Å²) in [7, 11) is 5.83. The molecule has 2 unspecified atom stereocenters. The fourth-order valence-corrected chi connectivity index (χ4v) is 2.52. The van der Waals surface area contributed by atoms with Gasteiger partial charge in [-0.15, -0.1) is 0 Å². The number of benzene rings is 1. The van der Waals surface area contributed by atoms with E-state index in [0.717, 1.165) is 37.4 Å². The fourth-order valence-electron chi connectivity index (χ4n) is 2.52. The fraction of sp³-hybridized carbons (Fsp3) is 0.647. The van der Waals surface area contributed by atoms with Crippen molar-refractivity contribution in [2.24, 2.45) is 0 Å². The van der Waals surface area contributed by atoms with Crippen LogP contribution in [0, 0.1) is 0 Å². The van der Waals surface area contributed by atoms with Crippen molar-refractivity contribution in [3.05, 3.63) is 29.8 Å². The number of hydrogen-bond donors (Lipinski definition) is 1. The van der Waals surface area contributed by atoms with Crippen molar-refractivity contribution in [2.45, 2.75) is 32.4 Å². The Bertz CT molecular complexity index is 392. The van der Waals surface area contributed by atoms with Crippen molar-refractivity contribution < 1.29 is 9.84 Å². The molecular weight excluding hydrogens is 264 g/mol. The van der Waals surface area contributed by atoms with Gasteiger partial charge in [0, 0.05) is 6.04 Å². The Kier molecular flexibility index (Phi) is 7.72. The van der Waals surface area contributed by atoms with Crippen LogP contribution in [-0.2, 0) is 0 Å². The molecule has 0 radical (unpaired) electrons. The quantitative estimate of drug-likeness (QED) is 0.758. The smallest absolute Gasteiger partial charge is 0.118 e. The van der Waals surface area contributed by atoms with Crippen LogP contribution < -0.4 is 4.74 Å². The van der Waals surface area contributed by atoms with E-state index in [1.54, 1.807) is 7.11 Å². The van der Waals surface area contributed by atoms with Gasteiger partial charge in [0.2, 0.25) is 0 Å². The summed E-state index contributed by atoms with van der Waals surface area (Å²) in [6.07, 6.45) is 0.635. The average molecular weight is 294 g/mol. The first-order chi connectivity index (χ1) is 9.99. The molecule has 0 saturated carbocycles. The molecule has 120 valence electrons. The number of ether oxygens (including phenoxy) is 1. The van der Waals surface area contributed by atoms with Gasteiger partial charge in [0.1, 0.15) is 5.75 Å². The molecule has 0 amide bonds. The summed E-state index contributed by atoms with van der Waals surface area (Å²) >= 11 is 0. The van der Waals surface area contributed by atoms with E-state index in [0.29, 0.717) is 0 Å². The molecular formula is C17H30N2O2. The van der Waals surface area contributed by atoms with Gasteiger partial charge in [0.25, 0.3) is 0 Å². The molecule has 1 aromatic carbocycles. The zero-order valence-electron chi connectivity index (χ0n) is 14.0. The van der Waals surface area contributed by atoms with Crippen LogP contribution in [0.1, 0.15) is 31.9 Å². The number of nitrogens with zero attached hydrogens (tertiary/aromatic N) is 2. The minimum atomic E-state index is -0.477. The van der Waals surface area contributed by atoms with Crippen molar-refractivity contribution in [3.8, 4) is 5.75 Å². The van der Waals surface area contributed by atoms with Crippen molar-refractivity contribution in [2.75, 3.05) is 40.8 Å². The highest BCUT2D eigenvalue weighted by Crippen LogP contribution is 2.23. The molecule has 0 aliphatic carbocycles. The zero-order chi connectivity index (χ0) is 15.8. The Balaban J connectivity index is 2.62. The molecule has 0 aromatic heterocycles. The van der Waals surface area contributed by atoms with E-state index >= 15 is 0 Å². The molecule has 4 nitrogen and oxygen atoms in total.